The summed E-state index contributed by atoms with van der Waals surface area (Å²) < 4.78 is 0. The van der Waals surface area contributed by atoms with Crippen LogP contribution < -0.4 is 10.6 Å². The van der Waals surface area contributed by atoms with Crippen molar-refractivity contribution in [1.29, 1.82) is 0 Å². The van der Waals surface area contributed by atoms with Crippen molar-refractivity contribution in [2.75, 3.05) is 25.4 Å². The van der Waals surface area contributed by atoms with E-state index in [1.54, 1.807) is 0 Å². The first-order valence-corrected chi connectivity index (χ1v) is 14.0. The smallest absolute Gasteiger partial charge is 0.219 e. The van der Waals surface area contributed by atoms with Gasteiger partial charge in [0.05, 0.1) is 0 Å². The number of unbranched alkanes of at least 4 members (excludes halogenated alkanes) is 5. The fraction of sp³-hybridized carbons (Fsp3) is 0.958. The summed E-state index contributed by atoms with van der Waals surface area (Å²) in [7, 11) is -0.0693. The topological polar surface area (TPSA) is 41.1 Å². The van der Waals surface area contributed by atoms with E-state index in [0.717, 1.165) is 36.4 Å². The van der Waals surface area contributed by atoms with Gasteiger partial charge in [-0.3, -0.25) is 4.79 Å². The van der Waals surface area contributed by atoms with Crippen LogP contribution in [-0.2, 0) is 4.79 Å². The molecule has 2 saturated heterocycles. The molecule has 0 saturated carbocycles. The van der Waals surface area contributed by atoms with Crippen LogP contribution in [0.5, 0.6) is 0 Å². The third kappa shape index (κ3) is 7.55. The lowest BCUT2D eigenvalue weighted by atomic mass is 9.89. The number of fused-ring (bicyclic) bond motifs is 1. The van der Waals surface area contributed by atoms with Gasteiger partial charge in [-0.05, 0) is 66.9 Å². The highest BCUT2D eigenvalue weighted by molar-refractivity contribution is 8.47. The van der Waals surface area contributed by atoms with E-state index < -0.39 is 0 Å². The molecule has 0 aromatic rings. The lowest BCUT2D eigenvalue weighted by Crippen LogP contribution is -2.24. The van der Waals surface area contributed by atoms with Gasteiger partial charge in [-0.25, -0.2) is 10.0 Å². The van der Waals surface area contributed by atoms with E-state index in [9.17, 15) is 4.79 Å². The quantitative estimate of drug-likeness (QED) is 0.255. The molecule has 2 N–H and O–H groups in total. The average Bonchev–Trinajstić information content (AvgIpc) is 3.45. The summed E-state index contributed by atoms with van der Waals surface area (Å²) in [6.45, 7) is 15.0. The SMILES string of the molecule is CC1C2C(C)S12CCCNCCCCCCNC(=O)CCCCCC(C)(C)C. The number of amides is 1. The molecule has 2 aliphatic heterocycles. The zero-order valence-corrected chi connectivity index (χ0v) is 20.3. The van der Waals surface area contributed by atoms with E-state index in [-0.39, 0.29) is 15.9 Å². The predicted molar refractivity (Wildman–Crippen MR) is 127 cm³/mol. The van der Waals surface area contributed by atoms with E-state index in [1.165, 1.54) is 62.5 Å². The molecule has 2 unspecified atom stereocenters. The van der Waals surface area contributed by atoms with Crippen LogP contribution in [0.2, 0.25) is 0 Å². The van der Waals surface area contributed by atoms with Crippen molar-refractivity contribution in [2.45, 2.75) is 115 Å². The van der Waals surface area contributed by atoms with E-state index in [4.69, 9.17) is 0 Å². The Bertz CT molecular complexity index is 464. The van der Waals surface area contributed by atoms with Gasteiger partial charge in [0.2, 0.25) is 5.91 Å². The molecule has 2 fully saturated rings. The Morgan fingerprint density at radius 2 is 1.43 bits per heavy atom. The number of carbonyl (C=O) groups is 1. The number of hydrogen-bond acceptors (Lipinski definition) is 2. The molecule has 166 valence electrons. The first-order chi connectivity index (χ1) is 13.3. The van der Waals surface area contributed by atoms with Gasteiger partial charge in [-0.1, -0.05) is 60.3 Å². The molecule has 3 nitrogen and oxygen atoms in total. The molecule has 0 aromatic heterocycles. The summed E-state index contributed by atoms with van der Waals surface area (Å²) in [6, 6.07) is 0. The van der Waals surface area contributed by atoms with Crippen molar-refractivity contribution < 1.29 is 4.79 Å². The summed E-state index contributed by atoms with van der Waals surface area (Å²) in [5, 5.41) is 10.1. The second kappa shape index (κ2) is 11.2. The molecule has 4 heteroatoms. The van der Waals surface area contributed by atoms with Gasteiger partial charge in [-0.15, -0.1) is 0 Å². The minimum absolute atomic E-state index is 0.0693. The van der Waals surface area contributed by atoms with E-state index in [2.05, 4.69) is 45.3 Å². The van der Waals surface area contributed by atoms with Crippen LogP contribution in [-0.4, -0.2) is 47.0 Å². The van der Waals surface area contributed by atoms with Crippen molar-refractivity contribution in [3.63, 3.8) is 0 Å². The van der Waals surface area contributed by atoms with E-state index in [0.29, 0.717) is 11.8 Å². The molecule has 1 amide bonds. The highest BCUT2D eigenvalue weighted by atomic mass is 32.3. The molecular formula is C24H48N2OS. The Labute approximate surface area is 176 Å². The van der Waals surface area contributed by atoms with Crippen LogP contribution in [0.1, 0.15) is 98.8 Å². The van der Waals surface area contributed by atoms with Gasteiger partial charge in [-0.2, -0.15) is 0 Å². The van der Waals surface area contributed by atoms with Gasteiger partial charge in [0.15, 0.2) is 0 Å². The van der Waals surface area contributed by atoms with Crippen molar-refractivity contribution in [1.82, 2.24) is 10.6 Å². The van der Waals surface area contributed by atoms with Crippen LogP contribution in [0.3, 0.4) is 0 Å². The molecule has 2 atom stereocenters. The standard InChI is InChI=1S/C24H48N2OS/c1-20-23-21(2)28(20,23)19-13-17-25-16-11-6-7-12-18-26-22(27)14-9-8-10-15-24(3,4)5/h20-21,23,25H,6-19H2,1-5H3,(H,26,27). The fourth-order valence-corrected chi connectivity index (χ4v) is 10.6. The Morgan fingerprint density at radius 3 is 2.04 bits per heavy atom. The number of carbonyl (C=O) groups excluding carboxylic acids is 1. The third-order valence-corrected chi connectivity index (χ3v) is 12.5. The highest BCUT2D eigenvalue weighted by Gasteiger charge is 2.77. The normalized spacial score (nSPS) is 30.4. The predicted octanol–water partition coefficient (Wildman–Crippen LogP) is 5.62. The van der Waals surface area contributed by atoms with Crippen LogP contribution in [0.15, 0.2) is 0 Å². The second-order valence-corrected chi connectivity index (χ2v) is 14.7. The zero-order valence-electron chi connectivity index (χ0n) is 19.4. The maximum atomic E-state index is 11.8. The molecular weight excluding hydrogens is 364 g/mol. The van der Waals surface area contributed by atoms with E-state index >= 15 is 0 Å². The van der Waals surface area contributed by atoms with Gasteiger partial charge in [0, 0.05) is 18.2 Å². The Morgan fingerprint density at radius 1 is 0.821 bits per heavy atom. The van der Waals surface area contributed by atoms with Gasteiger partial charge < -0.3 is 10.6 Å². The minimum Gasteiger partial charge on any atom is -0.356 e. The van der Waals surface area contributed by atoms with Crippen molar-refractivity contribution in [3.05, 3.63) is 0 Å². The van der Waals surface area contributed by atoms with E-state index in [1.807, 2.05) is 0 Å². The van der Waals surface area contributed by atoms with Crippen LogP contribution in [0.25, 0.3) is 0 Å². The summed E-state index contributed by atoms with van der Waals surface area (Å²) in [5.41, 5.74) is 0.423. The molecule has 0 aliphatic carbocycles. The summed E-state index contributed by atoms with van der Waals surface area (Å²) >= 11 is 0. The molecule has 2 rings (SSSR count). The van der Waals surface area contributed by atoms with Crippen LogP contribution >= 0.6 is 10.0 Å². The minimum atomic E-state index is -0.0693. The maximum absolute atomic E-state index is 11.8. The average molecular weight is 413 g/mol. The Hall–Kier alpha value is -0.220. The monoisotopic (exact) mass is 412 g/mol. The molecule has 2 aliphatic rings. The first kappa shape index (κ1) is 24.1. The zero-order chi connectivity index (χ0) is 20.6. The van der Waals surface area contributed by atoms with Crippen LogP contribution in [0, 0.1) is 5.41 Å². The summed E-state index contributed by atoms with van der Waals surface area (Å²) in [5.74, 6) is 1.78. The van der Waals surface area contributed by atoms with Crippen molar-refractivity contribution >= 4 is 15.9 Å². The number of hydrogen-bond donors (Lipinski definition) is 2. The van der Waals surface area contributed by atoms with Gasteiger partial charge in [0.1, 0.15) is 0 Å². The van der Waals surface area contributed by atoms with Crippen LogP contribution in [0.4, 0.5) is 0 Å². The lowest BCUT2D eigenvalue weighted by molar-refractivity contribution is -0.121. The number of rotatable bonds is 16. The Balaban J connectivity index is 1.27. The molecule has 0 aromatic carbocycles. The van der Waals surface area contributed by atoms with Crippen molar-refractivity contribution in [2.24, 2.45) is 5.41 Å². The van der Waals surface area contributed by atoms with Gasteiger partial charge in [0.25, 0.3) is 0 Å². The maximum Gasteiger partial charge on any atom is 0.219 e. The van der Waals surface area contributed by atoms with Gasteiger partial charge >= 0.3 is 0 Å². The lowest BCUT2D eigenvalue weighted by Gasteiger charge is -2.17. The molecule has 0 spiro atoms. The summed E-state index contributed by atoms with van der Waals surface area (Å²) in [4.78, 5) is 11.8. The molecule has 0 bridgehead atoms. The van der Waals surface area contributed by atoms with Crippen molar-refractivity contribution in [3.8, 4) is 0 Å². The molecule has 0 radical (unpaired) electrons. The highest BCUT2D eigenvalue weighted by Crippen LogP contribution is 2.95. The summed E-state index contributed by atoms with van der Waals surface area (Å²) in [6.07, 6.45) is 11.7. The number of nitrogens with one attached hydrogen (secondary N) is 2. The second-order valence-electron chi connectivity index (χ2n) is 10.5. The Kier molecular flexibility index (Phi) is 9.66. The largest absolute Gasteiger partial charge is 0.356 e. The third-order valence-electron chi connectivity index (χ3n) is 6.95. The molecule has 2 heterocycles. The first-order valence-electron chi connectivity index (χ1n) is 12.0. The molecule has 28 heavy (non-hydrogen) atoms. The fourth-order valence-electron chi connectivity index (χ4n) is 4.97.